The molecule has 0 spiro atoms. The Morgan fingerprint density at radius 1 is 1.44 bits per heavy atom. The Morgan fingerprint density at radius 3 is 2.56 bits per heavy atom. The van der Waals surface area contributed by atoms with E-state index in [1.165, 1.54) is 12.4 Å². The Labute approximate surface area is 53.8 Å². The Bertz CT molecular complexity index is 253. The second kappa shape index (κ2) is 2.27. The monoisotopic (exact) mass is 115 g/mol. The van der Waals surface area contributed by atoms with Gasteiger partial charge in [0.2, 0.25) is 0 Å². The van der Waals surface area contributed by atoms with E-state index in [1.807, 2.05) is 0 Å². The van der Waals surface area contributed by atoms with Crippen LogP contribution in [0.25, 0.3) is 0 Å². The summed E-state index contributed by atoms with van der Waals surface area (Å²) in [5.41, 5.74) is 0.359. The number of hydrogen-bond donors (Lipinski definition) is 0. The lowest BCUT2D eigenvalue weighted by Crippen LogP contribution is -2.13. The summed E-state index contributed by atoms with van der Waals surface area (Å²) in [6.07, 6.45) is 2.87. The lowest BCUT2D eigenvalue weighted by molar-refractivity contribution is 1.20. The van der Waals surface area contributed by atoms with Crippen LogP contribution < -0.4 is 5.59 Å². The molecule has 3 nitrogen and oxygen atoms in total. The predicted octanol–water partition coefficient (Wildman–Crippen LogP) is -0.858. The van der Waals surface area contributed by atoms with Gasteiger partial charge in [0.1, 0.15) is 13.9 Å². The molecule has 0 aliphatic rings. The van der Waals surface area contributed by atoms with Crippen LogP contribution in [0.4, 0.5) is 0 Å². The van der Waals surface area contributed by atoms with Crippen molar-refractivity contribution in [2.75, 3.05) is 0 Å². The van der Waals surface area contributed by atoms with Crippen LogP contribution in [0.5, 0.6) is 0 Å². The summed E-state index contributed by atoms with van der Waals surface area (Å²) in [6.45, 7) is 0. The Morgan fingerprint density at radius 2 is 2.11 bits per heavy atom. The van der Waals surface area contributed by atoms with Crippen LogP contribution in [0.2, 0.25) is 0 Å². The largest absolute Gasteiger partial charge is 0.268 e. The van der Waals surface area contributed by atoms with Crippen LogP contribution in [0, 0.1) is 11.3 Å². The van der Waals surface area contributed by atoms with Crippen molar-refractivity contribution in [3.8, 4) is 6.07 Å². The molecule has 0 bridgehead atoms. The van der Waals surface area contributed by atoms with Gasteiger partial charge in [-0.2, -0.15) is 5.26 Å². The normalized spacial score (nSPS) is 8.33. The van der Waals surface area contributed by atoms with Crippen molar-refractivity contribution in [1.29, 1.82) is 5.26 Å². The predicted molar refractivity (Wildman–Crippen MR) is 32.1 cm³/mol. The number of rotatable bonds is 0. The Balaban J connectivity index is 3.20. The summed E-state index contributed by atoms with van der Waals surface area (Å²) in [4.78, 5) is 7.29. The molecule has 0 aliphatic heterocycles. The zero-order chi connectivity index (χ0) is 6.69. The van der Waals surface area contributed by atoms with Crippen molar-refractivity contribution in [2.45, 2.75) is 0 Å². The maximum absolute atomic E-state index is 8.29. The van der Waals surface area contributed by atoms with E-state index in [4.69, 9.17) is 13.1 Å². The van der Waals surface area contributed by atoms with Crippen molar-refractivity contribution in [3.63, 3.8) is 0 Å². The molecule has 9 heavy (non-hydrogen) atoms. The van der Waals surface area contributed by atoms with Gasteiger partial charge < -0.3 is 0 Å². The van der Waals surface area contributed by atoms with E-state index < -0.39 is 0 Å². The molecule has 0 saturated carbocycles. The highest BCUT2D eigenvalue weighted by Gasteiger charge is 1.93. The van der Waals surface area contributed by atoms with E-state index in [0.29, 0.717) is 0 Å². The van der Waals surface area contributed by atoms with Crippen LogP contribution in [0.15, 0.2) is 12.4 Å². The molecule has 1 rings (SSSR count). The van der Waals surface area contributed by atoms with Gasteiger partial charge in [0.15, 0.2) is 5.69 Å². The SMILES string of the molecule is [B]c1nccnc1C#N. The Hall–Kier alpha value is -1.37. The molecule has 0 atom stereocenters. The first-order chi connectivity index (χ1) is 4.34. The molecule has 0 N–H and O–H groups in total. The zero-order valence-corrected chi connectivity index (χ0v) is 4.57. The van der Waals surface area contributed by atoms with Gasteiger partial charge in [-0.3, -0.25) is 4.98 Å². The minimum absolute atomic E-state index is 0.178. The van der Waals surface area contributed by atoms with Gasteiger partial charge in [-0.1, -0.05) is 0 Å². The molecule has 0 amide bonds. The quantitative estimate of drug-likeness (QED) is 0.413. The van der Waals surface area contributed by atoms with Crippen molar-refractivity contribution < 1.29 is 0 Å². The summed E-state index contributed by atoms with van der Waals surface area (Å²) in [5.74, 6) is 0. The smallest absolute Gasteiger partial charge is 0.150 e. The minimum atomic E-state index is 0.178. The average Bonchev–Trinajstić information content (AvgIpc) is 1.89. The summed E-state index contributed by atoms with van der Waals surface area (Å²) in [5, 5.41) is 8.29. The topological polar surface area (TPSA) is 49.6 Å². The fourth-order valence-electron chi connectivity index (χ4n) is 0.435. The molecule has 40 valence electrons. The van der Waals surface area contributed by atoms with Crippen molar-refractivity contribution in [3.05, 3.63) is 18.1 Å². The maximum Gasteiger partial charge on any atom is 0.150 e. The van der Waals surface area contributed by atoms with Gasteiger partial charge >= 0.3 is 0 Å². The molecular weight excluding hydrogens is 113 g/mol. The van der Waals surface area contributed by atoms with E-state index >= 15 is 0 Å². The lowest BCUT2D eigenvalue weighted by Gasteiger charge is -1.89. The molecule has 1 aromatic rings. The van der Waals surface area contributed by atoms with E-state index in [2.05, 4.69) is 9.97 Å². The lowest BCUT2D eigenvalue weighted by atomic mass is 10.0. The molecule has 0 fully saturated rings. The first-order valence-corrected chi connectivity index (χ1v) is 2.31. The van der Waals surface area contributed by atoms with Gasteiger partial charge in [-0.15, -0.1) is 0 Å². The highest BCUT2D eigenvalue weighted by Crippen LogP contribution is 1.78. The molecule has 0 unspecified atom stereocenters. The fraction of sp³-hybridized carbons (Fsp3) is 0. The van der Waals surface area contributed by atoms with E-state index in [9.17, 15) is 0 Å². The molecule has 0 saturated heterocycles. The number of nitrogens with zero attached hydrogens (tertiary/aromatic N) is 3. The van der Waals surface area contributed by atoms with Gasteiger partial charge in [0, 0.05) is 18.0 Å². The van der Waals surface area contributed by atoms with Gasteiger partial charge in [0.25, 0.3) is 0 Å². The third-order valence-electron chi connectivity index (χ3n) is 0.832. The summed E-state index contributed by atoms with van der Waals surface area (Å²) in [7, 11) is 5.23. The van der Waals surface area contributed by atoms with Crippen molar-refractivity contribution in [1.82, 2.24) is 9.97 Å². The van der Waals surface area contributed by atoms with Crippen LogP contribution >= 0.6 is 0 Å². The van der Waals surface area contributed by atoms with Crippen LogP contribution in [0.1, 0.15) is 5.69 Å². The van der Waals surface area contributed by atoms with E-state index in [-0.39, 0.29) is 11.3 Å². The van der Waals surface area contributed by atoms with Crippen LogP contribution in [-0.2, 0) is 0 Å². The fourth-order valence-corrected chi connectivity index (χ4v) is 0.435. The second-order valence-electron chi connectivity index (χ2n) is 1.40. The highest BCUT2D eigenvalue weighted by molar-refractivity contribution is 6.31. The molecule has 0 aliphatic carbocycles. The molecule has 1 aromatic heterocycles. The summed E-state index contributed by atoms with van der Waals surface area (Å²) < 4.78 is 0. The van der Waals surface area contributed by atoms with Crippen molar-refractivity contribution >= 4 is 13.4 Å². The van der Waals surface area contributed by atoms with Crippen LogP contribution in [-0.4, -0.2) is 17.8 Å². The summed E-state index contributed by atoms with van der Waals surface area (Å²) >= 11 is 0. The minimum Gasteiger partial charge on any atom is -0.268 e. The molecule has 0 aromatic carbocycles. The zero-order valence-electron chi connectivity index (χ0n) is 4.57. The van der Waals surface area contributed by atoms with Gasteiger partial charge in [0.05, 0.1) is 0 Å². The van der Waals surface area contributed by atoms with Crippen LogP contribution in [0.3, 0.4) is 0 Å². The number of nitriles is 1. The maximum atomic E-state index is 8.29. The average molecular weight is 115 g/mol. The second-order valence-corrected chi connectivity index (χ2v) is 1.40. The third kappa shape index (κ3) is 1.05. The molecular formula is C5H2BN3. The van der Waals surface area contributed by atoms with Gasteiger partial charge in [-0.05, 0) is 0 Å². The number of hydrogen-bond acceptors (Lipinski definition) is 3. The summed E-state index contributed by atoms with van der Waals surface area (Å²) in [6, 6.07) is 1.80. The standard InChI is InChI=1S/C5H2BN3/c6-5-4(3-7)8-1-2-9-5/h1-2H. The van der Waals surface area contributed by atoms with Gasteiger partial charge in [-0.25, -0.2) is 4.98 Å². The first kappa shape index (κ1) is 5.77. The van der Waals surface area contributed by atoms with Crippen molar-refractivity contribution in [2.24, 2.45) is 0 Å². The van der Waals surface area contributed by atoms with E-state index in [1.54, 1.807) is 6.07 Å². The third-order valence-corrected chi connectivity index (χ3v) is 0.832. The van der Waals surface area contributed by atoms with E-state index in [0.717, 1.165) is 0 Å². The highest BCUT2D eigenvalue weighted by atomic mass is 14.8. The first-order valence-electron chi connectivity index (χ1n) is 2.31. The molecule has 1 heterocycles. The molecule has 2 radical (unpaired) electrons. The number of aromatic nitrogens is 2. The molecule has 4 heteroatoms. The Kier molecular flexibility index (Phi) is 1.45.